The maximum atomic E-state index is 11.1. The molecule has 1 heterocycles. The van der Waals surface area contributed by atoms with E-state index in [4.69, 9.17) is 4.74 Å². The number of amides is 1. The zero-order valence-electron chi connectivity index (χ0n) is 6.83. The fraction of sp³-hybridized carbons (Fsp3) is 0.714. The number of methoxy groups -OCH3 is 1. The number of esters is 1. The molecule has 0 aromatic rings. The third-order valence-electron chi connectivity index (χ3n) is 1.56. The first-order valence-corrected chi connectivity index (χ1v) is 3.73. The molecule has 1 N–H and O–H groups in total. The van der Waals surface area contributed by atoms with E-state index in [1.54, 1.807) is 0 Å². The van der Waals surface area contributed by atoms with E-state index in [1.165, 1.54) is 7.11 Å². The van der Waals surface area contributed by atoms with Gasteiger partial charge in [0.05, 0.1) is 13.7 Å². The van der Waals surface area contributed by atoms with Gasteiger partial charge in [0, 0.05) is 6.54 Å². The smallest absolute Gasteiger partial charge is 0.344 e. The van der Waals surface area contributed by atoms with Gasteiger partial charge in [-0.3, -0.25) is 4.79 Å². The summed E-state index contributed by atoms with van der Waals surface area (Å²) in [6, 6.07) is 0. The quantitative estimate of drug-likeness (QED) is 0.411. The first-order valence-electron chi connectivity index (χ1n) is 3.73. The topological polar surface area (TPSA) is 64.6 Å². The van der Waals surface area contributed by atoms with Crippen molar-refractivity contribution < 1.29 is 19.1 Å². The van der Waals surface area contributed by atoms with Crippen LogP contribution in [0.5, 0.6) is 0 Å². The van der Waals surface area contributed by atoms with Crippen LogP contribution in [0.4, 0.5) is 0 Å². The molecule has 0 bridgehead atoms. The Bertz CT molecular complexity index is 192. The van der Waals surface area contributed by atoms with Crippen molar-refractivity contribution in [3.05, 3.63) is 0 Å². The summed E-state index contributed by atoms with van der Waals surface area (Å²) >= 11 is 0. The van der Waals surface area contributed by atoms with Gasteiger partial charge in [0.15, 0.2) is 0 Å². The van der Waals surface area contributed by atoms with E-state index < -0.39 is 18.0 Å². The second-order valence-corrected chi connectivity index (χ2v) is 2.42. The van der Waals surface area contributed by atoms with Crippen molar-refractivity contribution in [3.63, 3.8) is 0 Å². The van der Waals surface area contributed by atoms with Crippen molar-refractivity contribution in [2.45, 2.75) is 12.5 Å². The fourth-order valence-corrected chi connectivity index (χ4v) is 0.935. The van der Waals surface area contributed by atoms with Crippen LogP contribution in [0.2, 0.25) is 0 Å². The van der Waals surface area contributed by atoms with Crippen LogP contribution < -0.4 is 5.32 Å². The molecular weight excluding hydrogens is 162 g/mol. The van der Waals surface area contributed by atoms with Crippen molar-refractivity contribution >= 4 is 11.9 Å². The molecule has 0 radical (unpaired) electrons. The summed E-state index contributed by atoms with van der Waals surface area (Å²) in [6.45, 7) is 0.949. The Balaban J connectivity index is 2.59. The predicted molar refractivity (Wildman–Crippen MR) is 39.4 cm³/mol. The molecule has 68 valence electrons. The average molecular weight is 173 g/mol. The molecule has 1 fully saturated rings. The summed E-state index contributed by atoms with van der Waals surface area (Å²) < 4.78 is 9.37. The maximum Gasteiger partial charge on any atom is 0.344 e. The van der Waals surface area contributed by atoms with Crippen LogP contribution >= 0.6 is 0 Å². The lowest BCUT2D eigenvalue weighted by atomic mass is 10.3. The maximum absolute atomic E-state index is 11.1. The molecule has 0 saturated carbocycles. The average Bonchev–Trinajstić information content (AvgIpc) is 2.28. The Morgan fingerprint density at radius 3 is 3.17 bits per heavy atom. The van der Waals surface area contributed by atoms with Gasteiger partial charge in [0.2, 0.25) is 6.10 Å². The highest BCUT2D eigenvalue weighted by Crippen LogP contribution is 2.00. The van der Waals surface area contributed by atoms with E-state index in [-0.39, 0.29) is 0 Å². The molecule has 0 aromatic heterocycles. The van der Waals surface area contributed by atoms with E-state index in [1.807, 2.05) is 0 Å². The largest absolute Gasteiger partial charge is 0.467 e. The molecule has 1 amide bonds. The van der Waals surface area contributed by atoms with Crippen molar-refractivity contribution in [3.8, 4) is 0 Å². The van der Waals surface area contributed by atoms with Gasteiger partial charge < -0.3 is 14.8 Å². The van der Waals surface area contributed by atoms with Gasteiger partial charge in [0.1, 0.15) is 0 Å². The molecular formula is C7H11NO4. The highest BCUT2D eigenvalue weighted by atomic mass is 16.6. The number of hydrogen-bond donors (Lipinski definition) is 1. The lowest BCUT2D eigenvalue weighted by molar-refractivity contribution is -0.158. The minimum Gasteiger partial charge on any atom is -0.467 e. The lowest BCUT2D eigenvalue weighted by Gasteiger charge is -2.09. The summed E-state index contributed by atoms with van der Waals surface area (Å²) in [5.74, 6) is -1.06. The number of hydrogen-bond acceptors (Lipinski definition) is 4. The van der Waals surface area contributed by atoms with E-state index in [0.29, 0.717) is 13.2 Å². The number of rotatable bonds is 1. The summed E-state index contributed by atoms with van der Waals surface area (Å²) in [7, 11) is 1.23. The zero-order valence-corrected chi connectivity index (χ0v) is 6.83. The molecule has 0 aliphatic carbocycles. The highest BCUT2D eigenvalue weighted by molar-refractivity contribution is 6.00. The standard InChI is InChI=1S/C7H11NO4/c1-11-7(10)5-6(9)8-3-2-4-12-5/h5H,2-4H2,1H3,(H,8,9). The third-order valence-corrected chi connectivity index (χ3v) is 1.56. The molecule has 1 atom stereocenters. The molecule has 1 aliphatic rings. The Kier molecular flexibility index (Phi) is 3.04. The molecule has 5 nitrogen and oxygen atoms in total. The Morgan fingerprint density at radius 1 is 1.75 bits per heavy atom. The Morgan fingerprint density at radius 2 is 2.50 bits per heavy atom. The van der Waals surface area contributed by atoms with Gasteiger partial charge in [-0.05, 0) is 6.42 Å². The molecule has 1 saturated heterocycles. The van der Waals surface area contributed by atoms with Crippen molar-refractivity contribution in [1.29, 1.82) is 0 Å². The summed E-state index contributed by atoms with van der Waals surface area (Å²) in [4.78, 5) is 22.0. The molecule has 0 aromatic carbocycles. The van der Waals surface area contributed by atoms with Gasteiger partial charge in [-0.15, -0.1) is 0 Å². The van der Waals surface area contributed by atoms with Crippen molar-refractivity contribution in [1.82, 2.24) is 5.32 Å². The van der Waals surface area contributed by atoms with Gasteiger partial charge in [-0.2, -0.15) is 0 Å². The third kappa shape index (κ3) is 1.94. The summed E-state index contributed by atoms with van der Waals surface area (Å²) in [5.41, 5.74) is 0. The number of carbonyl (C=O) groups is 2. The molecule has 12 heavy (non-hydrogen) atoms. The van der Waals surface area contributed by atoms with Gasteiger partial charge in [-0.25, -0.2) is 4.79 Å². The van der Waals surface area contributed by atoms with E-state index in [0.717, 1.165) is 6.42 Å². The van der Waals surface area contributed by atoms with Gasteiger partial charge in [-0.1, -0.05) is 0 Å². The fourth-order valence-electron chi connectivity index (χ4n) is 0.935. The second-order valence-electron chi connectivity index (χ2n) is 2.42. The minimum absolute atomic E-state index is 0.401. The van der Waals surface area contributed by atoms with Gasteiger partial charge >= 0.3 is 5.97 Å². The molecule has 1 aliphatic heterocycles. The zero-order chi connectivity index (χ0) is 8.97. The highest BCUT2D eigenvalue weighted by Gasteiger charge is 2.29. The van der Waals surface area contributed by atoms with Crippen LogP contribution in [0.15, 0.2) is 0 Å². The lowest BCUT2D eigenvalue weighted by Crippen LogP contribution is -2.40. The van der Waals surface area contributed by atoms with Crippen molar-refractivity contribution in [2.75, 3.05) is 20.3 Å². The summed E-state index contributed by atoms with van der Waals surface area (Å²) in [6.07, 6.45) is -0.364. The number of carbonyl (C=O) groups excluding carboxylic acids is 2. The molecule has 0 spiro atoms. The Labute approximate surface area is 70.0 Å². The normalized spacial score (nSPS) is 24.1. The van der Waals surface area contributed by atoms with E-state index in [2.05, 4.69) is 10.1 Å². The van der Waals surface area contributed by atoms with Crippen LogP contribution in [-0.4, -0.2) is 38.2 Å². The molecule has 1 rings (SSSR count). The van der Waals surface area contributed by atoms with Crippen LogP contribution in [0.1, 0.15) is 6.42 Å². The van der Waals surface area contributed by atoms with Crippen LogP contribution in [0, 0.1) is 0 Å². The van der Waals surface area contributed by atoms with E-state index in [9.17, 15) is 9.59 Å². The summed E-state index contributed by atoms with van der Waals surface area (Å²) in [5, 5.41) is 2.55. The first-order chi connectivity index (χ1) is 5.75. The SMILES string of the molecule is COC(=O)C1OCCCNC1=O. The Hall–Kier alpha value is -1.10. The minimum atomic E-state index is -1.09. The number of ether oxygens (including phenoxy) is 2. The van der Waals surface area contributed by atoms with Gasteiger partial charge in [0.25, 0.3) is 5.91 Å². The van der Waals surface area contributed by atoms with Crippen molar-refractivity contribution in [2.24, 2.45) is 0 Å². The number of nitrogens with one attached hydrogen (secondary N) is 1. The van der Waals surface area contributed by atoms with Crippen LogP contribution in [-0.2, 0) is 19.1 Å². The predicted octanol–water partition coefficient (Wildman–Crippen LogP) is -0.935. The van der Waals surface area contributed by atoms with E-state index >= 15 is 0 Å². The van der Waals surface area contributed by atoms with Crippen LogP contribution in [0.3, 0.4) is 0 Å². The molecule has 5 heteroatoms. The van der Waals surface area contributed by atoms with Crippen LogP contribution in [0.25, 0.3) is 0 Å². The first kappa shape index (κ1) is 8.99. The molecule has 1 unspecified atom stereocenters. The monoisotopic (exact) mass is 173 g/mol. The second kappa shape index (κ2) is 4.06.